The van der Waals surface area contributed by atoms with Crippen LogP contribution in [0, 0.1) is 36.5 Å². The molecular weight excluding hydrogens is 188 g/mol. The zero-order valence-electron chi connectivity index (χ0n) is 8.63. The van der Waals surface area contributed by atoms with Crippen LogP contribution in [-0.4, -0.2) is 5.11 Å². The Morgan fingerprint density at radius 2 is 1.73 bits per heavy atom. The first-order valence-electron chi connectivity index (χ1n) is 4.76. The number of nitrogens with zero attached hydrogens (tertiary/aromatic N) is 2. The van der Waals surface area contributed by atoms with Crippen molar-refractivity contribution in [2.45, 2.75) is 26.4 Å². The molecule has 1 unspecified atom stereocenters. The third-order valence-corrected chi connectivity index (χ3v) is 3.11. The first-order valence-corrected chi connectivity index (χ1v) is 4.76. The van der Waals surface area contributed by atoms with Gasteiger partial charge in [-0.1, -0.05) is 0 Å². The third kappa shape index (κ3) is 1.08. The molecule has 0 radical (unpaired) electrons. The Balaban J connectivity index is 2.85. The Morgan fingerprint density at radius 1 is 1.13 bits per heavy atom. The molecule has 1 atom stereocenters. The van der Waals surface area contributed by atoms with Crippen molar-refractivity contribution in [3.63, 3.8) is 0 Å². The summed E-state index contributed by atoms with van der Waals surface area (Å²) in [6.45, 7) is 3.61. The van der Waals surface area contributed by atoms with Crippen molar-refractivity contribution in [1.82, 2.24) is 0 Å². The zero-order valence-corrected chi connectivity index (χ0v) is 8.63. The molecule has 3 nitrogen and oxygen atoms in total. The first-order chi connectivity index (χ1) is 7.11. The molecular formula is C12H10N2O. The highest BCUT2D eigenvalue weighted by Crippen LogP contribution is 2.40. The molecule has 0 fully saturated rings. The topological polar surface area (TPSA) is 67.8 Å². The summed E-state index contributed by atoms with van der Waals surface area (Å²) < 4.78 is 0. The van der Waals surface area contributed by atoms with E-state index in [4.69, 9.17) is 10.5 Å². The van der Waals surface area contributed by atoms with Crippen molar-refractivity contribution in [2.24, 2.45) is 0 Å². The van der Waals surface area contributed by atoms with Crippen LogP contribution in [0.5, 0.6) is 0 Å². The Morgan fingerprint density at radius 3 is 2.20 bits per heavy atom. The number of hydrogen-bond acceptors (Lipinski definition) is 3. The van der Waals surface area contributed by atoms with E-state index in [0.29, 0.717) is 17.5 Å². The highest BCUT2D eigenvalue weighted by Gasteiger charge is 2.32. The molecule has 0 aromatic heterocycles. The number of aliphatic hydroxyl groups is 1. The lowest BCUT2D eigenvalue weighted by Gasteiger charge is -2.30. The fourth-order valence-electron chi connectivity index (χ4n) is 2.27. The smallest absolute Gasteiger partial charge is 0.0997 e. The Bertz CT molecular complexity index is 497. The van der Waals surface area contributed by atoms with Crippen LogP contribution in [0.15, 0.2) is 0 Å². The lowest BCUT2D eigenvalue weighted by Crippen LogP contribution is -2.22. The molecule has 0 saturated carbocycles. The molecule has 0 amide bonds. The maximum atomic E-state index is 9.59. The molecule has 0 aliphatic heterocycles. The Kier molecular flexibility index (Phi) is 2.00. The van der Waals surface area contributed by atoms with Gasteiger partial charge in [0, 0.05) is 6.42 Å². The van der Waals surface area contributed by atoms with Gasteiger partial charge in [-0.05, 0) is 36.1 Å². The van der Waals surface area contributed by atoms with Crippen LogP contribution in [0.3, 0.4) is 0 Å². The van der Waals surface area contributed by atoms with Gasteiger partial charge >= 0.3 is 0 Å². The second kappa shape index (κ2) is 3.08. The van der Waals surface area contributed by atoms with Crippen LogP contribution in [0.25, 0.3) is 0 Å². The molecule has 74 valence electrons. The molecule has 1 aromatic carbocycles. The number of rotatable bonds is 0. The number of fused-ring (bicyclic) bond motifs is 1. The van der Waals surface area contributed by atoms with E-state index in [1.807, 2.05) is 6.92 Å². The lowest BCUT2D eigenvalue weighted by molar-refractivity contribution is 0.152. The van der Waals surface area contributed by atoms with Gasteiger partial charge in [0.05, 0.1) is 29.4 Å². The summed E-state index contributed by atoms with van der Waals surface area (Å²) in [7, 11) is 0. The lowest BCUT2D eigenvalue weighted by atomic mass is 9.76. The molecule has 0 heterocycles. The summed E-state index contributed by atoms with van der Waals surface area (Å²) in [6, 6.07) is 4.21. The number of hydrogen-bond donors (Lipinski definition) is 1. The minimum absolute atomic E-state index is 0.500. The van der Waals surface area contributed by atoms with Crippen LogP contribution < -0.4 is 0 Å². The summed E-state index contributed by atoms with van der Waals surface area (Å²) in [5, 5.41) is 27.6. The molecule has 15 heavy (non-hydrogen) atoms. The quantitative estimate of drug-likeness (QED) is 0.689. The highest BCUT2D eigenvalue weighted by atomic mass is 16.3. The van der Waals surface area contributed by atoms with Crippen molar-refractivity contribution in [3.05, 3.63) is 33.4 Å². The van der Waals surface area contributed by atoms with E-state index in [1.165, 1.54) is 0 Å². The second-order valence-electron chi connectivity index (χ2n) is 3.84. The highest BCUT2D eigenvalue weighted by molar-refractivity contribution is 5.63. The Labute approximate surface area is 88.2 Å². The monoisotopic (exact) mass is 198 g/mol. The van der Waals surface area contributed by atoms with Gasteiger partial charge in [0.25, 0.3) is 0 Å². The predicted octanol–water partition coefficient (Wildman–Crippen LogP) is 1.64. The fraction of sp³-hybridized carbons (Fsp3) is 0.333. The largest absolute Gasteiger partial charge is 0.388 e. The van der Waals surface area contributed by atoms with Crippen LogP contribution in [0.2, 0.25) is 0 Å². The Hall–Kier alpha value is -1.84. The number of aliphatic hydroxyl groups excluding tert-OH is 1. The van der Waals surface area contributed by atoms with E-state index >= 15 is 0 Å². The van der Waals surface area contributed by atoms with Gasteiger partial charge < -0.3 is 5.11 Å². The van der Waals surface area contributed by atoms with Crippen molar-refractivity contribution in [1.29, 1.82) is 10.5 Å². The van der Waals surface area contributed by atoms with Crippen LogP contribution in [-0.2, 0) is 6.42 Å². The molecule has 0 bridgehead atoms. The summed E-state index contributed by atoms with van der Waals surface area (Å²) >= 11 is 0. The van der Waals surface area contributed by atoms with E-state index in [1.54, 1.807) is 6.92 Å². The second-order valence-corrected chi connectivity index (χ2v) is 3.84. The molecule has 2 rings (SSSR count). The average molecular weight is 198 g/mol. The van der Waals surface area contributed by atoms with Crippen LogP contribution >= 0.6 is 0 Å². The summed E-state index contributed by atoms with van der Waals surface area (Å²) in [4.78, 5) is 0. The molecule has 1 aliphatic rings. The minimum Gasteiger partial charge on any atom is -0.388 e. The van der Waals surface area contributed by atoms with Gasteiger partial charge in [-0.25, -0.2) is 0 Å². The zero-order chi connectivity index (χ0) is 11.2. The predicted molar refractivity (Wildman–Crippen MR) is 54.0 cm³/mol. The standard InChI is InChI=1S/C12H10N2O/c1-6-9(4-13)7(2)12-8(3-11(12)15)10(6)5-14/h11,15H,3H2,1-2H3. The fourth-order valence-corrected chi connectivity index (χ4v) is 2.27. The SMILES string of the molecule is Cc1c(C#N)c(C)c2c(c1C#N)CC2O. The molecule has 1 N–H and O–H groups in total. The summed E-state index contributed by atoms with van der Waals surface area (Å²) in [5.74, 6) is 0. The van der Waals surface area contributed by atoms with E-state index in [9.17, 15) is 5.11 Å². The summed E-state index contributed by atoms with van der Waals surface area (Å²) in [6.07, 6.45) is 0.0332. The van der Waals surface area contributed by atoms with E-state index in [-0.39, 0.29) is 0 Å². The molecule has 0 saturated heterocycles. The van der Waals surface area contributed by atoms with Crippen LogP contribution in [0.1, 0.15) is 39.5 Å². The van der Waals surface area contributed by atoms with E-state index in [2.05, 4.69) is 12.1 Å². The van der Waals surface area contributed by atoms with Crippen LogP contribution in [0.4, 0.5) is 0 Å². The molecule has 1 aliphatic carbocycles. The van der Waals surface area contributed by atoms with E-state index < -0.39 is 6.10 Å². The average Bonchev–Trinajstić information content (AvgIpc) is 2.17. The number of nitriles is 2. The first kappa shape index (κ1) is 9.71. The maximum Gasteiger partial charge on any atom is 0.0997 e. The van der Waals surface area contributed by atoms with Gasteiger partial charge in [-0.3, -0.25) is 0 Å². The van der Waals surface area contributed by atoms with Crippen molar-refractivity contribution >= 4 is 0 Å². The normalized spacial score (nSPS) is 17.3. The third-order valence-electron chi connectivity index (χ3n) is 3.11. The van der Waals surface area contributed by atoms with Crippen molar-refractivity contribution in [3.8, 4) is 12.1 Å². The maximum absolute atomic E-state index is 9.59. The number of benzene rings is 1. The minimum atomic E-state index is -0.500. The molecule has 0 spiro atoms. The molecule has 1 aromatic rings. The van der Waals surface area contributed by atoms with Crippen molar-refractivity contribution in [2.75, 3.05) is 0 Å². The summed E-state index contributed by atoms with van der Waals surface area (Å²) in [5.41, 5.74) is 4.36. The molecule has 3 heteroatoms. The van der Waals surface area contributed by atoms with Gasteiger partial charge in [0.2, 0.25) is 0 Å². The van der Waals surface area contributed by atoms with E-state index in [0.717, 1.165) is 22.3 Å². The van der Waals surface area contributed by atoms with Gasteiger partial charge in [-0.15, -0.1) is 0 Å². The van der Waals surface area contributed by atoms with Gasteiger partial charge in [-0.2, -0.15) is 10.5 Å². The van der Waals surface area contributed by atoms with Gasteiger partial charge in [0.1, 0.15) is 0 Å². The van der Waals surface area contributed by atoms with Gasteiger partial charge in [0.15, 0.2) is 0 Å². The van der Waals surface area contributed by atoms with Crippen molar-refractivity contribution < 1.29 is 5.11 Å².